The van der Waals surface area contributed by atoms with E-state index in [1.165, 1.54) is 0 Å². The Bertz CT molecular complexity index is 1120. The Kier molecular flexibility index (Phi) is 4.46. The molecular formula is C21H20N4O2. The van der Waals surface area contributed by atoms with E-state index in [-0.39, 0.29) is 0 Å². The Balaban J connectivity index is 2.01. The fourth-order valence-corrected chi connectivity index (χ4v) is 3.16. The van der Waals surface area contributed by atoms with E-state index in [1.54, 1.807) is 20.4 Å². The number of hydrogen-bond acceptors (Lipinski definition) is 6. The van der Waals surface area contributed by atoms with E-state index in [1.807, 2.05) is 49.4 Å². The number of pyridine rings is 1. The number of methoxy groups -OCH3 is 2. The normalized spacial score (nSPS) is 10.9. The summed E-state index contributed by atoms with van der Waals surface area (Å²) in [6.07, 6.45) is 1.78. The van der Waals surface area contributed by atoms with Crippen LogP contribution in [0.15, 0.2) is 48.7 Å². The fraction of sp³-hybridized carbons (Fsp3) is 0.190. The van der Waals surface area contributed by atoms with Crippen molar-refractivity contribution in [3.05, 3.63) is 48.7 Å². The van der Waals surface area contributed by atoms with E-state index in [4.69, 9.17) is 19.4 Å². The molecular weight excluding hydrogens is 340 g/mol. The largest absolute Gasteiger partial charge is 0.493 e. The Morgan fingerprint density at radius 1 is 0.963 bits per heavy atom. The third-order valence-corrected chi connectivity index (χ3v) is 4.42. The average molecular weight is 360 g/mol. The van der Waals surface area contributed by atoms with Crippen LogP contribution < -0.4 is 14.8 Å². The molecule has 0 aliphatic rings. The number of benzene rings is 2. The van der Waals surface area contributed by atoms with E-state index in [2.05, 4.69) is 10.3 Å². The minimum Gasteiger partial charge on any atom is -0.493 e. The lowest BCUT2D eigenvalue weighted by Crippen LogP contribution is -2.04. The number of para-hydroxylation sites is 1. The lowest BCUT2D eigenvalue weighted by Gasteiger charge is -2.14. The first-order valence-electron chi connectivity index (χ1n) is 8.77. The molecule has 2 aromatic carbocycles. The molecule has 2 heterocycles. The Labute approximate surface area is 157 Å². The summed E-state index contributed by atoms with van der Waals surface area (Å²) in [6, 6.07) is 13.8. The molecule has 0 bridgehead atoms. The molecule has 2 aromatic heterocycles. The summed E-state index contributed by atoms with van der Waals surface area (Å²) in [5.41, 5.74) is 2.55. The summed E-state index contributed by atoms with van der Waals surface area (Å²) in [5.74, 6) is 2.65. The van der Waals surface area contributed by atoms with Gasteiger partial charge in [-0.05, 0) is 25.1 Å². The number of anilines is 1. The zero-order valence-corrected chi connectivity index (χ0v) is 15.5. The van der Waals surface area contributed by atoms with Crippen molar-refractivity contribution in [1.29, 1.82) is 0 Å². The van der Waals surface area contributed by atoms with Crippen LogP contribution in [0.1, 0.15) is 6.92 Å². The zero-order chi connectivity index (χ0) is 18.8. The zero-order valence-electron chi connectivity index (χ0n) is 15.5. The number of nitrogens with one attached hydrogen (secondary N) is 1. The second-order valence-electron chi connectivity index (χ2n) is 6.03. The first-order valence-corrected chi connectivity index (χ1v) is 8.77. The second-order valence-corrected chi connectivity index (χ2v) is 6.03. The first kappa shape index (κ1) is 17.0. The highest BCUT2D eigenvalue weighted by atomic mass is 16.5. The van der Waals surface area contributed by atoms with Gasteiger partial charge in [-0.2, -0.15) is 0 Å². The minimum atomic E-state index is 0.620. The van der Waals surface area contributed by atoms with E-state index in [0.29, 0.717) is 17.3 Å². The van der Waals surface area contributed by atoms with Gasteiger partial charge in [0.2, 0.25) is 0 Å². The molecule has 0 aliphatic carbocycles. The van der Waals surface area contributed by atoms with Gasteiger partial charge in [0.15, 0.2) is 17.3 Å². The summed E-state index contributed by atoms with van der Waals surface area (Å²) in [7, 11) is 3.24. The van der Waals surface area contributed by atoms with Gasteiger partial charge in [-0.25, -0.2) is 9.97 Å². The van der Waals surface area contributed by atoms with Crippen molar-refractivity contribution in [3.8, 4) is 22.9 Å². The van der Waals surface area contributed by atoms with E-state index >= 15 is 0 Å². The van der Waals surface area contributed by atoms with Crippen LogP contribution >= 0.6 is 0 Å². The van der Waals surface area contributed by atoms with Crippen LogP contribution in [0.5, 0.6) is 11.5 Å². The molecule has 4 rings (SSSR count). The molecule has 0 saturated heterocycles. The van der Waals surface area contributed by atoms with E-state index in [0.717, 1.165) is 39.7 Å². The molecule has 0 saturated carbocycles. The predicted octanol–water partition coefficient (Wildman–Crippen LogP) is 4.29. The van der Waals surface area contributed by atoms with Crippen LogP contribution in [0.25, 0.3) is 33.2 Å². The SMILES string of the molecule is CCNc1nc(-c2cccc3cccnc23)nc2cc(OC)c(OC)cc12. The fourth-order valence-electron chi connectivity index (χ4n) is 3.16. The number of ether oxygens (including phenoxy) is 2. The molecule has 0 fully saturated rings. The van der Waals surface area contributed by atoms with Crippen LogP contribution in [-0.2, 0) is 0 Å². The number of rotatable bonds is 5. The third kappa shape index (κ3) is 2.99. The molecule has 0 amide bonds. The Morgan fingerprint density at radius 2 is 1.74 bits per heavy atom. The molecule has 6 nitrogen and oxygen atoms in total. The highest BCUT2D eigenvalue weighted by Crippen LogP contribution is 2.36. The maximum atomic E-state index is 5.44. The van der Waals surface area contributed by atoms with Crippen molar-refractivity contribution in [2.45, 2.75) is 6.92 Å². The average Bonchev–Trinajstić information content (AvgIpc) is 2.72. The highest BCUT2D eigenvalue weighted by molar-refractivity contribution is 5.96. The van der Waals surface area contributed by atoms with Crippen LogP contribution in [0.2, 0.25) is 0 Å². The van der Waals surface area contributed by atoms with Gasteiger partial charge in [0.1, 0.15) is 5.82 Å². The maximum Gasteiger partial charge on any atom is 0.164 e. The highest BCUT2D eigenvalue weighted by Gasteiger charge is 2.15. The predicted molar refractivity (Wildman–Crippen MR) is 108 cm³/mol. The molecule has 0 aliphatic heterocycles. The van der Waals surface area contributed by atoms with Crippen molar-refractivity contribution in [3.63, 3.8) is 0 Å². The van der Waals surface area contributed by atoms with Crippen LogP contribution in [0, 0.1) is 0 Å². The Morgan fingerprint density at radius 3 is 2.52 bits per heavy atom. The van der Waals surface area contributed by atoms with Gasteiger partial charge >= 0.3 is 0 Å². The quantitative estimate of drug-likeness (QED) is 0.572. The summed E-state index contributed by atoms with van der Waals surface area (Å²) >= 11 is 0. The number of nitrogens with zero attached hydrogens (tertiary/aromatic N) is 3. The molecule has 0 spiro atoms. The van der Waals surface area contributed by atoms with Crippen LogP contribution in [0.3, 0.4) is 0 Å². The van der Waals surface area contributed by atoms with Crippen LogP contribution in [0.4, 0.5) is 5.82 Å². The molecule has 0 atom stereocenters. The number of hydrogen-bond donors (Lipinski definition) is 1. The van der Waals surface area contributed by atoms with Crippen molar-refractivity contribution in [2.24, 2.45) is 0 Å². The molecule has 1 N–H and O–H groups in total. The van der Waals surface area contributed by atoms with E-state index in [9.17, 15) is 0 Å². The van der Waals surface area contributed by atoms with Gasteiger partial charge in [0.05, 0.1) is 25.3 Å². The monoisotopic (exact) mass is 360 g/mol. The van der Waals surface area contributed by atoms with Crippen molar-refractivity contribution < 1.29 is 9.47 Å². The standard InChI is InChI=1S/C21H20N4O2/c1-4-22-20-15-11-17(26-2)18(27-3)12-16(15)24-21(25-20)14-9-5-7-13-8-6-10-23-19(13)14/h5-12H,4H2,1-3H3,(H,22,24,25). The second kappa shape index (κ2) is 7.07. The first-order chi connectivity index (χ1) is 13.2. The van der Waals surface area contributed by atoms with Gasteiger partial charge in [-0.1, -0.05) is 18.2 Å². The van der Waals surface area contributed by atoms with E-state index < -0.39 is 0 Å². The third-order valence-electron chi connectivity index (χ3n) is 4.42. The topological polar surface area (TPSA) is 69.2 Å². The van der Waals surface area contributed by atoms with Gasteiger partial charge < -0.3 is 14.8 Å². The van der Waals surface area contributed by atoms with Gasteiger partial charge in [0.25, 0.3) is 0 Å². The number of aromatic nitrogens is 3. The molecule has 136 valence electrons. The van der Waals surface area contributed by atoms with Crippen molar-refractivity contribution in [2.75, 3.05) is 26.1 Å². The van der Waals surface area contributed by atoms with Gasteiger partial charge in [-0.3, -0.25) is 4.98 Å². The van der Waals surface area contributed by atoms with Gasteiger partial charge in [-0.15, -0.1) is 0 Å². The Hall–Kier alpha value is -3.41. The molecule has 4 aromatic rings. The molecule has 0 unspecified atom stereocenters. The lowest BCUT2D eigenvalue weighted by molar-refractivity contribution is 0.356. The van der Waals surface area contributed by atoms with Gasteiger partial charge in [0, 0.05) is 35.1 Å². The molecule has 0 radical (unpaired) electrons. The number of fused-ring (bicyclic) bond motifs is 2. The van der Waals surface area contributed by atoms with Crippen molar-refractivity contribution >= 4 is 27.6 Å². The van der Waals surface area contributed by atoms with Crippen molar-refractivity contribution in [1.82, 2.24) is 15.0 Å². The molecule has 6 heteroatoms. The summed E-state index contributed by atoms with van der Waals surface area (Å²) in [4.78, 5) is 14.1. The summed E-state index contributed by atoms with van der Waals surface area (Å²) in [6.45, 7) is 2.78. The van der Waals surface area contributed by atoms with Crippen LogP contribution in [-0.4, -0.2) is 35.7 Å². The maximum absolute atomic E-state index is 5.44. The minimum absolute atomic E-state index is 0.620. The summed E-state index contributed by atoms with van der Waals surface area (Å²) in [5, 5.41) is 5.26. The molecule has 27 heavy (non-hydrogen) atoms. The lowest BCUT2D eigenvalue weighted by atomic mass is 10.1. The summed E-state index contributed by atoms with van der Waals surface area (Å²) < 4.78 is 10.9. The smallest absolute Gasteiger partial charge is 0.164 e.